The molecule has 1 aliphatic carbocycles. The first-order valence-electron chi connectivity index (χ1n) is 9.04. The fourth-order valence-electron chi connectivity index (χ4n) is 4.93. The molecule has 3 saturated heterocycles. The van der Waals surface area contributed by atoms with Crippen LogP contribution in [0.4, 0.5) is 13.2 Å². The lowest BCUT2D eigenvalue weighted by molar-refractivity contribution is -0.136. The van der Waals surface area contributed by atoms with Crippen molar-refractivity contribution < 1.29 is 18.0 Å². The van der Waals surface area contributed by atoms with E-state index in [0.29, 0.717) is 16.2 Å². The zero-order valence-electron chi connectivity index (χ0n) is 14.1. The molecule has 1 atom stereocenters. The smallest absolute Gasteiger partial charge is 0.346 e. The molecule has 0 radical (unpaired) electrons. The number of benzene rings is 1. The summed E-state index contributed by atoms with van der Waals surface area (Å²) in [5.41, 5.74) is -0.550. The Morgan fingerprint density at radius 3 is 2.62 bits per heavy atom. The van der Waals surface area contributed by atoms with E-state index in [9.17, 15) is 18.0 Å². The van der Waals surface area contributed by atoms with Crippen molar-refractivity contribution in [3.8, 4) is 0 Å². The van der Waals surface area contributed by atoms with Gasteiger partial charge in [0.2, 0.25) is 0 Å². The average molecular weight is 380 g/mol. The SMILES string of the molecule is O=C(N[C@H]1C2CCN(CC2)C12CC2)c1cc2cccc(C(F)(F)F)c2s1. The molecule has 4 heterocycles. The summed E-state index contributed by atoms with van der Waals surface area (Å²) in [5.74, 6) is 0.260. The van der Waals surface area contributed by atoms with Gasteiger partial charge in [-0.3, -0.25) is 9.69 Å². The molecule has 4 aliphatic rings. The molecule has 1 aromatic carbocycles. The Morgan fingerprint density at radius 1 is 1.23 bits per heavy atom. The van der Waals surface area contributed by atoms with Gasteiger partial charge < -0.3 is 5.32 Å². The molecule has 138 valence electrons. The number of nitrogens with one attached hydrogen (secondary N) is 1. The number of alkyl halides is 3. The van der Waals surface area contributed by atoms with E-state index in [1.165, 1.54) is 6.07 Å². The van der Waals surface area contributed by atoms with Gasteiger partial charge in [0.1, 0.15) is 0 Å². The highest BCUT2D eigenvalue weighted by Gasteiger charge is 2.60. The summed E-state index contributed by atoms with van der Waals surface area (Å²) < 4.78 is 39.8. The van der Waals surface area contributed by atoms with Crippen molar-refractivity contribution in [2.75, 3.05) is 13.1 Å². The van der Waals surface area contributed by atoms with E-state index in [-0.39, 0.29) is 22.2 Å². The van der Waals surface area contributed by atoms with Crippen molar-refractivity contribution in [1.82, 2.24) is 10.2 Å². The Labute approximate surface area is 153 Å². The Bertz CT molecular complexity index is 879. The minimum atomic E-state index is -4.41. The number of carbonyl (C=O) groups is 1. The van der Waals surface area contributed by atoms with Crippen LogP contribution in [0.5, 0.6) is 0 Å². The first kappa shape index (κ1) is 16.6. The van der Waals surface area contributed by atoms with Gasteiger partial charge in [0, 0.05) is 10.2 Å². The topological polar surface area (TPSA) is 32.3 Å². The van der Waals surface area contributed by atoms with E-state index in [1.54, 1.807) is 12.1 Å². The van der Waals surface area contributed by atoms with E-state index in [2.05, 4.69) is 10.2 Å². The van der Waals surface area contributed by atoms with E-state index < -0.39 is 11.7 Å². The van der Waals surface area contributed by atoms with Gasteiger partial charge in [0.15, 0.2) is 0 Å². The van der Waals surface area contributed by atoms with Crippen molar-refractivity contribution in [3.63, 3.8) is 0 Å². The predicted octanol–water partition coefficient (Wildman–Crippen LogP) is 4.28. The second-order valence-corrected chi connectivity index (χ2v) is 8.76. The number of amides is 1. The first-order chi connectivity index (χ1) is 12.4. The molecule has 1 saturated carbocycles. The number of thiophene rings is 1. The third-order valence-corrected chi connectivity index (χ3v) is 7.52. The maximum absolute atomic E-state index is 13.2. The average Bonchev–Trinajstić information content (AvgIpc) is 3.26. The highest BCUT2D eigenvalue weighted by molar-refractivity contribution is 7.21. The molecule has 3 aliphatic heterocycles. The van der Waals surface area contributed by atoms with Crippen molar-refractivity contribution >= 4 is 27.3 Å². The molecule has 1 spiro atoms. The monoisotopic (exact) mass is 380 g/mol. The molecule has 26 heavy (non-hydrogen) atoms. The fraction of sp³-hybridized carbons (Fsp3) is 0.526. The van der Waals surface area contributed by atoms with Gasteiger partial charge in [-0.25, -0.2) is 0 Å². The first-order valence-corrected chi connectivity index (χ1v) is 9.86. The van der Waals surface area contributed by atoms with Gasteiger partial charge in [-0.2, -0.15) is 13.2 Å². The fourth-order valence-corrected chi connectivity index (χ4v) is 6.03. The number of hydrogen-bond acceptors (Lipinski definition) is 3. The van der Waals surface area contributed by atoms with Gasteiger partial charge >= 0.3 is 6.18 Å². The van der Waals surface area contributed by atoms with E-state index >= 15 is 0 Å². The highest BCUT2D eigenvalue weighted by atomic mass is 32.1. The third-order valence-electron chi connectivity index (χ3n) is 6.34. The predicted molar refractivity (Wildman–Crippen MR) is 94.3 cm³/mol. The van der Waals surface area contributed by atoms with Crippen molar-refractivity contribution in [2.24, 2.45) is 5.92 Å². The van der Waals surface area contributed by atoms with Crippen LogP contribution in [-0.2, 0) is 6.18 Å². The Balaban J connectivity index is 1.44. The summed E-state index contributed by atoms with van der Waals surface area (Å²) in [6.07, 6.45) is -0.00117. The molecule has 2 aromatic rings. The van der Waals surface area contributed by atoms with Gasteiger partial charge in [-0.15, -0.1) is 11.3 Å². The van der Waals surface area contributed by atoms with Crippen LogP contribution in [0.15, 0.2) is 24.3 Å². The van der Waals surface area contributed by atoms with Gasteiger partial charge in [-0.05, 0) is 62.2 Å². The van der Waals surface area contributed by atoms with Gasteiger partial charge in [-0.1, -0.05) is 12.1 Å². The number of fused-ring (bicyclic) bond motifs is 3. The number of piperidine rings is 3. The molecule has 1 amide bonds. The molecule has 2 bridgehead atoms. The molecule has 0 unspecified atom stereocenters. The summed E-state index contributed by atoms with van der Waals surface area (Å²) in [4.78, 5) is 15.7. The molecule has 7 heteroatoms. The zero-order valence-corrected chi connectivity index (χ0v) is 14.9. The molecule has 3 nitrogen and oxygen atoms in total. The van der Waals surface area contributed by atoms with Crippen LogP contribution in [-0.4, -0.2) is 35.5 Å². The van der Waals surface area contributed by atoms with Crippen molar-refractivity contribution in [2.45, 2.75) is 43.4 Å². The lowest BCUT2D eigenvalue weighted by atomic mass is 9.77. The molecule has 6 rings (SSSR count). The largest absolute Gasteiger partial charge is 0.417 e. The number of nitrogens with zero attached hydrogens (tertiary/aromatic N) is 1. The Hall–Kier alpha value is -1.60. The number of hydrogen-bond donors (Lipinski definition) is 1. The van der Waals surface area contributed by atoms with E-state index in [1.807, 2.05) is 0 Å². The lowest BCUT2D eigenvalue weighted by Gasteiger charge is -2.52. The molecule has 1 N–H and O–H groups in total. The van der Waals surface area contributed by atoms with E-state index in [4.69, 9.17) is 0 Å². The zero-order chi connectivity index (χ0) is 18.1. The quantitative estimate of drug-likeness (QED) is 0.844. The summed E-state index contributed by atoms with van der Waals surface area (Å²) in [5, 5.41) is 3.66. The standard InChI is InChI=1S/C19H19F3N2OS/c20-19(21,22)13-3-1-2-12-10-14(26-15(12)13)17(25)23-16-11-4-8-24(9-5-11)18(16)6-7-18/h1-3,10-11,16H,4-9H2,(H,23,25)/t16-/m0/s1. The van der Waals surface area contributed by atoms with Crippen LogP contribution < -0.4 is 5.32 Å². The maximum Gasteiger partial charge on any atom is 0.417 e. The Kier molecular flexibility index (Phi) is 3.47. The minimum absolute atomic E-state index is 0.116. The molecule has 1 aromatic heterocycles. The van der Waals surface area contributed by atoms with Crippen molar-refractivity contribution in [3.05, 3.63) is 34.7 Å². The molecular weight excluding hydrogens is 361 g/mol. The second-order valence-electron chi connectivity index (χ2n) is 7.71. The third kappa shape index (κ3) is 2.40. The second kappa shape index (κ2) is 5.45. The maximum atomic E-state index is 13.2. The van der Waals surface area contributed by atoms with Crippen LogP contribution in [0.2, 0.25) is 0 Å². The lowest BCUT2D eigenvalue weighted by Crippen LogP contribution is -2.65. The highest BCUT2D eigenvalue weighted by Crippen LogP contribution is 2.53. The normalized spacial score (nSPS) is 29.3. The molecule has 4 fully saturated rings. The summed E-state index contributed by atoms with van der Waals surface area (Å²) in [6.45, 7) is 2.21. The number of rotatable bonds is 2. The van der Waals surface area contributed by atoms with Crippen LogP contribution >= 0.6 is 11.3 Å². The summed E-state index contributed by atoms with van der Waals surface area (Å²) in [7, 11) is 0. The van der Waals surface area contributed by atoms with Crippen LogP contribution in [0.3, 0.4) is 0 Å². The number of halogens is 3. The van der Waals surface area contributed by atoms with Crippen molar-refractivity contribution in [1.29, 1.82) is 0 Å². The van der Waals surface area contributed by atoms with E-state index in [0.717, 1.165) is 56.2 Å². The van der Waals surface area contributed by atoms with Gasteiger partial charge in [0.05, 0.1) is 16.5 Å². The molecular formula is C19H19F3N2OS. The summed E-state index contributed by atoms with van der Waals surface area (Å²) in [6, 6.07) is 5.82. The van der Waals surface area contributed by atoms with Crippen LogP contribution in [0.1, 0.15) is 40.9 Å². The minimum Gasteiger partial charge on any atom is -0.346 e. The van der Waals surface area contributed by atoms with Crippen LogP contribution in [0.25, 0.3) is 10.1 Å². The van der Waals surface area contributed by atoms with Crippen LogP contribution in [0, 0.1) is 5.92 Å². The number of carbonyl (C=O) groups excluding carboxylic acids is 1. The summed E-state index contributed by atoms with van der Waals surface area (Å²) >= 11 is 0.942. The Morgan fingerprint density at radius 2 is 1.96 bits per heavy atom. The van der Waals surface area contributed by atoms with Gasteiger partial charge in [0.25, 0.3) is 5.91 Å².